The molecule has 0 saturated heterocycles. The van der Waals surface area contributed by atoms with Crippen molar-refractivity contribution in [2.75, 3.05) is 12.4 Å². The van der Waals surface area contributed by atoms with Crippen LogP contribution in [0.2, 0.25) is 0 Å². The number of ether oxygens (including phenoxy) is 1. The molecular formula is C17H17N3O. The normalized spacial score (nSPS) is 10.3. The van der Waals surface area contributed by atoms with Gasteiger partial charge in [-0.15, -0.1) is 0 Å². The number of hydrogen-bond donors (Lipinski definition) is 1. The maximum absolute atomic E-state index is 5.14. The van der Waals surface area contributed by atoms with E-state index in [-0.39, 0.29) is 0 Å². The van der Waals surface area contributed by atoms with Crippen LogP contribution in [0.5, 0.6) is 5.75 Å². The summed E-state index contributed by atoms with van der Waals surface area (Å²) < 4.78 is 7.06. The number of nitrogens with one attached hydrogen (secondary N) is 1. The summed E-state index contributed by atoms with van der Waals surface area (Å²) in [6.45, 7) is 0.769. The van der Waals surface area contributed by atoms with Crippen molar-refractivity contribution in [3.63, 3.8) is 0 Å². The van der Waals surface area contributed by atoms with E-state index in [0.717, 1.165) is 23.8 Å². The van der Waals surface area contributed by atoms with Gasteiger partial charge in [0.2, 0.25) is 0 Å². The van der Waals surface area contributed by atoms with Crippen molar-refractivity contribution < 1.29 is 4.74 Å². The van der Waals surface area contributed by atoms with Gasteiger partial charge in [0.1, 0.15) is 5.75 Å². The summed E-state index contributed by atoms with van der Waals surface area (Å²) in [5.74, 6) is 1.67. The third kappa shape index (κ3) is 3.42. The molecule has 0 amide bonds. The van der Waals surface area contributed by atoms with Crippen LogP contribution >= 0.6 is 0 Å². The molecule has 0 fully saturated rings. The lowest BCUT2D eigenvalue weighted by molar-refractivity contribution is 0.415. The fourth-order valence-corrected chi connectivity index (χ4v) is 2.11. The molecule has 1 N–H and O–H groups in total. The fraction of sp³-hybridized carbons (Fsp3) is 0.118. The molecule has 0 unspecified atom stereocenters. The van der Waals surface area contributed by atoms with Crippen LogP contribution in [0.3, 0.4) is 0 Å². The highest BCUT2D eigenvalue weighted by molar-refractivity contribution is 5.56. The highest BCUT2D eigenvalue weighted by Crippen LogP contribution is 2.18. The molecular weight excluding hydrogens is 262 g/mol. The first kappa shape index (κ1) is 13.2. The van der Waals surface area contributed by atoms with Crippen LogP contribution in [0, 0.1) is 0 Å². The second-order valence-electron chi connectivity index (χ2n) is 4.74. The Bertz CT molecular complexity index is 690. The fourth-order valence-electron chi connectivity index (χ4n) is 2.11. The average Bonchev–Trinajstić information content (AvgIpc) is 2.96. The molecule has 0 aliphatic carbocycles. The Morgan fingerprint density at radius 2 is 1.76 bits per heavy atom. The largest absolute Gasteiger partial charge is 0.497 e. The maximum atomic E-state index is 5.14. The van der Waals surface area contributed by atoms with Crippen molar-refractivity contribution in [1.82, 2.24) is 9.78 Å². The van der Waals surface area contributed by atoms with Gasteiger partial charge in [-0.2, -0.15) is 5.10 Å². The zero-order valence-electron chi connectivity index (χ0n) is 11.9. The van der Waals surface area contributed by atoms with Gasteiger partial charge in [-0.3, -0.25) is 4.68 Å². The smallest absolute Gasteiger partial charge is 0.152 e. The first-order chi connectivity index (χ1) is 10.3. The van der Waals surface area contributed by atoms with Crippen molar-refractivity contribution in [3.05, 3.63) is 72.4 Å². The zero-order valence-corrected chi connectivity index (χ0v) is 11.9. The third-order valence-electron chi connectivity index (χ3n) is 3.19. The zero-order chi connectivity index (χ0) is 14.5. The molecule has 0 aliphatic heterocycles. The molecule has 4 nitrogen and oxygen atoms in total. The van der Waals surface area contributed by atoms with Gasteiger partial charge in [0.15, 0.2) is 5.82 Å². The predicted octanol–water partition coefficient (Wildman–Crippen LogP) is 3.68. The van der Waals surface area contributed by atoms with Crippen LogP contribution in [0.1, 0.15) is 5.56 Å². The van der Waals surface area contributed by atoms with Crippen molar-refractivity contribution in [1.29, 1.82) is 0 Å². The number of rotatable bonds is 5. The molecule has 0 radical (unpaired) electrons. The van der Waals surface area contributed by atoms with E-state index in [2.05, 4.69) is 22.5 Å². The molecule has 3 aromatic rings. The minimum Gasteiger partial charge on any atom is -0.497 e. The number of hydrogen-bond acceptors (Lipinski definition) is 3. The van der Waals surface area contributed by atoms with E-state index >= 15 is 0 Å². The molecule has 0 bridgehead atoms. The Labute approximate surface area is 124 Å². The van der Waals surface area contributed by atoms with Gasteiger partial charge >= 0.3 is 0 Å². The summed E-state index contributed by atoms with van der Waals surface area (Å²) in [7, 11) is 1.66. The van der Waals surface area contributed by atoms with E-state index < -0.39 is 0 Å². The van der Waals surface area contributed by atoms with Crippen molar-refractivity contribution in [3.8, 4) is 5.75 Å². The van der Waals surface area contributed by atoms with Gasteiger partial charge in [-0.1, -0.05) is 30.3 Å². The Balaban J connectivity index is 1.67. The second-order valence-corrected chi connectivity index (χ2v) is 4.74. The van der Waals surface area contributed by atoms with Crippen molar-refractivity contribution >= 4 is 11.5 Å². The number of aromatic nitrogens is 2. The Morgan fingerprint density at radius 3 is 2.48 bits per heavy atom. The number of methoxy groups -OCH3 is 1. The predicted molar refractivity (Wildman–Crippen MR) is 84.0 cm³/mol. The summed E-state index contributed by atoms with van der Waals surface area (Å²) in [5, 5.41) is 7.79. The molecule has 21 heavy (non-hydrogen) atoms. The number of anilines is 2. The van der Waals surface area contributed by atoms with Crippen LogP contribution in [0.4, 0.5) is 11.5 Å². The van der Waals surface area contributed by atoms with E-state index in [1.807, 2.05) is 59.4 Å². The topological polar surface area (TPSA) is 39.1 Å². The standard InChI is InChI=1S/C17H17N3O/c1-21-16-9-7-15(8-10-16)18-17-11-12-20(19-17)13-14-5-3-2-4-6-14/h2-12H,13H2,1H3,(H,18,19). The highest BCUT2D eigenvalue weighted by Gasteiger charge is 2.01. The first-order valence-corrected chi connectivity index (χ1v) is 6.82. The van der Waals surface area contributed by atoms with E-state index in [9.17, 15) is 0 Å². The van der Waals surface area contributed by atoms with Crippen LogP contribution in [0.25, 0.3) is 0 Å². The molecule has 0 saturated carbocycles. The summed E-state index contributed by atoms with van der Waals surface area (Å²) in [6.07, 6.45) is 1.97. The van der Waals surface area contributed by atoms with Gasteiger partial charge in [0.05, 0.1) is 13.7 Å². The van der Waals surface area contributed by atoms with Gasteiger partial charge in [-0.05, 0) is 29.8 Å². The third-order valence-corrected chi connectivity index (χ3v) is 3.19. The molecule has 0 aliphatic rings. The Hall–Kier alpha value is -2.75. The van der Waals surface area contributed by atoms with Gasteiger partial charge in [0.25, 0.3) is 0 Å². The van der Waals surface area contributed by atoms with Gasteiger partial charge < -0.3 is 10.1 Å². The molecule has 2 aromatic carbocycles. The van der Waals surface area contributed by atoms with Gasteiger partial charge in [-0.25, -0.2) is 0 Å². The maximum Gasteiger partial charge on any atom is 0.152 e. The minimum absolute atomic E-state index is 0.769. The molecule has 1 aromatic heterocycles. The minimum atomic E-state index is 0.769. The quantitative estimate of drug-likeness (QED) is 0.774. The summed E-state index contributed by atoms with van der Waals surface area (Å²) in [4.78, 5) is 0. The Morgan fingerprint density at radius 1 is 1.00 bits per heavy atom. The summed E-state index contributed by atoms with van der Waals surface area (Å²) >= 11 is 0. The molecule has 0 spiro atoms. The average molecular weight is 279 g/mol. The van der Waals surface area contributed by atoms with Crippen LogP contribution < -0.4 is 10.1 Å². The van der Waals surface area contributed by atoms with Crippen LogP contribution in [-0.2, 0) is 6.54 Å². The lowest BCUT2D eigenvalue weighted by atomic mass is 10.2. The van der Waals surface area contributed by atoms with Crippen LogP contribution in [0.15, 0.2) is 66.9 Å². The first-order valence-electron chi connectivity index (χ1n) is 6.82. The highest BCUT2D eigenvalue weighted by atomic mass is 16.5. The molecule has 3 rings (SSSR count). The van der Waals surface area contributed by atoms with Gasteiger partial charge in [0, 0.05) is 18.0 Å². The lowest BCUT2D eigenvalue weighted by Gasteiger charge is -2.05. The van der Waals surface area contributed by atoms with Crippen LogP contribution in [-0.4, -0.2) is 16.9 Å². The van der Waals surface area contributed by atoms with E-state index in [1.54, 1.807) is 7.11 Å². The van der Waals surface area contributed by atoms with Crippen molar-refractivity contribution in [2.45, 2.75) is 6.54 Å². The SMILES string of the molecule is COc1ccc(Nc2ccn(Cc3ccccc3)n2)cc1. The summed E-state index contributed by atoms with van der Waals surface area (Å²) in [5.41, 5.74) is 2.22. The summed E-state index contributed by atoms with van der Waals surface area (Å²) in [6, 6.07) is 20.0. The number of nitrogens with zero attached hydrogens (tertiary/aromatic N) is 2. The van der Waals surface area contributed by atoms with Crippen molar-refractivity contribution in [2.24, 2.45) is 0 Å². The molecule has 106 valence electrons. The Kier molecular flexibility index (Phi) is 3.87. The monoisotopic (exact) mass is 279 g/mol. The van der Waals surface area contributed by atoms with E-state index in [0.29, 0.717) is 0 Å². The molecule has 1 heterocycles. The second kappa shape index (κ2) is 6.13. The van der Waals surface area contributed by atoms with E-state index in [1.165, 1.54) is 5.56 Å². The number of benzene rings is 2. The lowest BCUT2D eigenvalue weighted by Crippen LogP contribution is -2.01. The van der Waals surface area contributed by atoms with E-state index in [4.69, 9.17) is 4.74 Å². The molecule has 0 atom stereocenters. The molecule has 4 heteroatoms.